The van der Waals surface area contributed by atoms with Crippen molar-refractivity contribution in [1.82, 2.24) is 0 Å². The zero-order chi connectivity index (χ0) is 34.4. The van der Waals surface area contributed by atoms with Gasteiger partial charge in [-0.2, -0.15) is 0 Å². The lowest BCUT2D eigenvalue weighted by Gasteiger charge is -2.27. The van der Waals surface area contributed by atoms with Crippen molar-refractivity contribution in [2.24, 2.45) is 0 Å². The van der Waals surface area contributed by atoms with Crippen LogP contribution in [0.5, 0.6) is 0 Å². The third-order valence-electron chi connectivity index (χ3n) is 10.2. The largest absolute Gasteiger partial charge is 0.455 e. The summed E-state index contributed by atoms with van der Waals surface area (Å²) in [5, 5.41) is 7.05. The Labute approximate surface area is 302 Å². The van der Waals surface area contributed by atoms with E-state index in [2.05, 4.69) is 205 Å². The number of nitrogens with zero attached hydrogens (tertiary/aromatic N) is 1. The molecule has 0 bridgehead atoms. The van der Waals surface area contributed by atoms with Crippen LogP contribution < -0.4 is 4.90 Å². The SMILES string of the molecule is c1ccc(-c2cccc(N(c3cccc(-c4cccc5ccccc45)c3)c3cccc(-c4cccc5oc6c7ccccc7ccc6c45)c3)c2)cc1. The Balaban J connectivity index is 1.16. The number of anilines is 3. The minimum absolute atomic E-state index is 0.893. The van der Waals surface area contributed by atoms with Gasteiger partial charge in [0.05, 0.1) is 0 Å². The van der Waals surface area contributed by atoms with Gasteiger partial charge in [0.15, 0.2) is 0 Å². The molecule has 10 rings (SSSR count). The van der Waals surface area contributed by atoms with Gasteiger partial charge in [-0.05, 0) is 98.1 Å². The first-order valence-electron chi connectivity index (χ1n) is 17.8. The predicted octanol–water partition coefficient (Wildman–Crippen LogP) is 14.4. The summed E-state index contributed by atoms with van der Waals surface area (Å²) < 4.78 is 6.57. The van der Waals surface area contributed by atoms with Gasteiger partial charge in [0, 0.05) is 33.2 Å². The highest BCUT2D eigenvalue weighted by Crippen LogP contribution is 2.43. The molecule has 2 heteroatoms. The van der Waals surface area contributed by atoms with Crippen LogP contribution in [-0.4, -0.2) is 0 Å². The summed E-state index contributed by atoms with van der Waals surface area (Å²) in [7, 11) is 0. The number of furan rings is 1. The highest BCUT2D eigenvalue weighted by Gasteiger charge is 2.18. The standard InChI is InChI=1S/C50H33NO/c1-2-13-34(14-3-1)37-18-8-21-40(31-37)51(41-22-9-19-38(32-41)44-26-11-17-35-15-4-6-24-43(35)44)42-23-10-20-39(33-42)45-27-12-28-48-49(45)47-30-29-36-16-5-7-25-46(36)50(47)52-48/h1-33H. The van der Waals surface area contributed by atoms with Crippen LogP contribution >= 0.6 is 0 Å². The molecular formula is C50H33NO. The van der Waals surface area contributed by atoms with Gasteiger partial charge in [-0.15, -0.1) is 0 Å². The van der Waals surface area contributed by atoms with Crippen molar-refractivity contribution < 1.29 is 4.42 Å². The van der Waals surface area contributed by atoms with E-state index in [0.29, 0.717) is 0 Å². The highest BCUT2D eigenvalue weighted by molar-refractivity contribution is 6.19. The highest BCUT2D eigenvalue weighted by atomic mass is 16.3. The van der Waals surface area contributed by atoms with Gasteiger partial charge < -0.3 is 9.32 Å². The lowest BCUT2D eigenvalue weighted by Crippen LogP contribution is -2.10. The second kappa shape index (κ2) is 12.5. The fraction of sp³-hybridized carbons (Fsp3) is 0. The zero-order valence-electron chi connectivity index (χ0n) is 28.4. The maximum atomic E-state index is 6.57. The number of rotatable bonds is 6. The van der Waals surface area contributed by atoms with E-state index in [4.69, 9.17) is 4.42 Å². The molecule has 244 valence electrons. The van der Waals surface area contributed by atoms with Crippen molar-refractivity contribution in [3.8, 4) is 33.4 Å². The van der Waals surface area contributed by atoms with Gasteiger partial charge in [-0.3, -0.25) is 0 Å². The van der Waals surface area contributed by atoms with Crippen LogP contribution in [0.2, 0.25) is 0 Å². The molecule has 0 unspecified atom stereocenters. The molecule has 1 heterocycles. The normalized spacial score (nSPS) is 11.5. The second-order valence-corrected chi connectivity index (χ2v) is 13.3. The number of benzene rings is 9. The summed E-state index contributed by atoms with van der Waals surface area (Å²) in [6.07, 6.45) is 0. The molecule has 9 aromatic carbocycles. The Hall–Kier alpha value is -6.90. The molecule has 0 amide bonds. The average molecular weight is 664 g/mol. The maximum Gasteiger partial charge on any atom is 0.143 e. The maximum absolute atomic E-state index is 6.57. The van der Waals surface area contributed by atoms with Gasteiger partial charge in [0.2, 0.25) is 0 Å². The van der Waals surface area contributed by atoms with Crippen LogP contribution in [-0.2, 0) is 0 Å². The summed E-state index contributed by atoms with van der Waals surface area (Å²) in [4.78, 5) is 2.38. The summed E-state index contributed by atoms with van der Waals surface area (Å²) >= 11 is 0. The van der Waals surface area contributed by atoms with Crippen molar-refractivity contribution in [1.29, 1.82) is 0 Å². The van der Waals surface area contributed by atoms with Crippen LogP contribution in [0.25, 0.3) is 76.9 Å². The number of fused-ring (bicyclic) bond motifs is 6. The molecule has 10 aromatic rings. The van der Waals surface area contributed by atoms with Gasteiger partial charge in [0.25, 0.3) is 0 Å². The van der Waals surface area contributed by atoms with E-state index in [9.17, 15) is 0 Å². The van der Waals surface area contributed by atoms with E-state index in [1.807, 2.05) is 0 Å². The smallest absolute Gasteiger partial charge is 0.143 e. The molecule has 0 saturated heterocycles. The monoisotopic (exact) mass is 663 g/mol. The first kappa shape index (κ1) is 30.0. The van der Waals surface area contributed by atoms with Crippen molar-refractivity contribution in [3.05, 3.63) is 200 Å². The Morgan fingerprint density at radius 1 is 0.327 bits per heavy atom. The summed E-state index contributed by atoms with van der Waals surface area (Å²) in [6, 6.07) is 71.7. The first-order chi connectivity index (χ1) is 25.8. The molecule has 0 N–H and O–H groups in total. The molecule has 0 spiro atoms. The second-order valence-electron chi connectivity index (χ2n) is 13.3. The van der Waals surface area contributed by atoms with Crippen molar-refractivity contribution in [2.75, 3.05) is 4.90 Å². The van der Waals surface area contributed by atoms with Gasteiger partial charge in [0.1, 0.15) is 11.2 Å². The van der Waals surface area contributed by atoms with E-state index < -0.39 is 0 Å². The molecule has 0 aliphatic carbocycles. The Morgan fingerprint density at radius 3 is 1.60 bits per heavy atom. The molecule has 2 nitrogen and oxygen atoms in total. The number of hydrogen-bond acceptors (Lipinski definition) is 2. The quantitative estimate of drug-likeness (QED) is 0.176. The summed E-state index contributed by atoms with van der Waals surface area (Å²) in [5.41, 5.74) is 12.1. The van der Waals surface area contributed by atoms with Gasteiger partial charge >= 0.3 is 0 Å². The molecule has 0 saturated carbocycles. The molecule has 0 fully saturated rings. The Kier molecular flexibility index (Phi) is 7.18. The molecule has 0 aliphatic heterocycles. The Bertz CT molecular complexity index is 2910. The third kappa shape index (κ3) is 5.12. The van der Waals surface area contributed by atoms with Crippen LogP contribution in [0.1, 0.15) is 0 Å². The van der Waals surface area contributed by atoms with Crippen LogP contribution in [0.15, 0.2) is 205 Å². The van der Waals surface area contributed by atoms with E-state index in [0.717, 1.165) is 55.5 Å². The lowest BCUT2D eigenvalue weighted by atomic mass is 9.96. The minimum atomic E-state index is 0.893. The fourth-order valence-electron chi connectivity index (χ4n) is 7.80. The molecule has 0 radical (unpaired) electrons. The first-order valence-corrected chi connectivity index (χ1v) is 17.8. The van der Waals surface area contributed by atoms with Crippen molar-refractivity contribution >= 4 is 60.5 Å². The topological polar surface area (TPSA) is 16.4 Å². The van der Waals surface area contributed by atoms with E-state index >= 15 is 0 Å². The van der Waals surface area contributed by atoms with Crippen molar-refractivity contribution in [2.45, 2.75) is 0 Å². The fourth-order valence-corrected chi connectivity index (χ4v) is 7.80. The lowest BCUT2D eigenvalue weighted by molar-refractivity contribution is 0.673. The minimum Gasteiger partial charge on any atom is -0.455 e. The van der Waals surface area contributed by atoms with E-state index in [1.165, 1.54) is 38.4 Å². The van der Waals surface area contributed by atoms with E-state index in [1.54, 1.807) is 0 Å². The average Bonchev–Trinajstić information content (AvgIpc) is 3.61. The molecule has 52 heavy (non-hydrogen) atoms. The van der Waals surface area contributed by atoms with Crippen LogP contribution in [0.3, 0.4) is 0 Å². The van der Waals surface area contributed by atoms with E-state index in [-0.39, 0.29) is 0 Å². The van der Waals surface area contributed by atoms with Gasteiger partial charge in [-0.1, -0.05) is 152 Å². The molecule has 1 aromatic heterocycles. The molecule has 0 aliphatic rings. The molecule has 0 atom stereocenters. The van der Waals surface area contributed by atoms with Crippen LogP contribution in [0, 0.1) is 0 Å². The van der Waals surface area contributed by atoms with Crippen molar-refractivity contribution in [3.63, 3.8) is 0 Å². The van der Waals surface area contributed by atoms with Crippen LogP contribution in [0.4, 0.5) is 17.1 Å². The summed E-state index contributed by atoms with van der Waals surface area (Å²) in [6.45, 7) is 0. The third-order valence-corrected chi connectivity index (χ3v) is 10.2. The Morgan fingerprint density at radius 2 is 0.846 bits per heavy atom. The number of hydrogen-bond donors (Lipinski definition) is 0. The zero-order valence-corrected chi connectivity index (χ0v) is 28.4. The van der Waals surface area contributed by atoms with Gasteiger partial charge in [-0.25, -0.2) is 0 Å². The molecular weight excluding hydrogens is 631 g/mol. The predicted molar refractivity (Wildman–Crippen MR) is 220 cm³/mol. The summed E-state index contributed by atoms with van der Waals surface area (Å²) in [5.74, 6) is 0.